The Kier molecular flexibility index (Phi) is 4.51. The van der Waals surface area contributed by atoms with E-state index in [1.54, 1.807) is 0 Å². The maximum absolute atomic E-state index is 5.96. The third-order valence-electron chi connectivity index (χ3n) is 4.47. The standard InChI is InChI=1S/C17H23ClN2O/c1-3-16-13(7-9-21-16)11-20-15-10-12(2)4-5-14(15)19-17(20)6-8-18/h4-5,10,13,16H,3,6-9,11H2,1-2H3. The fourth-order valence-corrected chi connectivity index (χ4v) is 3.52. The molecule has 0 aliphatic carbocycles. The van der Waals surface area contributed by atoms with Crippen molar-refractivity contribution >= 4 is 22.6 Å². The Balaban J connectivity index is 1.98. The Bertz CT molecular complexity index is 623. The fraction of sp³-hybridized carbons (Fsp3) is 0.588. The minimum Gasteiger partial charge on any atom is -0.378 e. The zero-order chi connectivity index (χ0) is 14.8. The molecule has 1 aromatic carbocycles. The van der Waals surface area contributed by atoms with Crippen LogP contribution in [0.15, 0.2) is 18.2 Å². The Morgan fingerprint density at radius 1 is 1.43 bits per heavy atom. The van der Waals surface area contributed by atoms with Gasteiger partial charge in [-0.15, -0.1) is 11.6 Å². The van der Waals surface area contributed by atoms with Crippen molar-refractivity contribution in [1.29, 1.82) is 0 Å². The van der Waals surface area contributed by atoms with Crippen LogP contribution in [-0.4, -0.2) is 28.1 Å². The summed E-state index contributed by atoms with van der Waals surface area (Å²) in [4.78, 5) is 4.77. The summed E-state index contributed by atoms with van der Waals surface area (Å²) < 4.78 is 8.21. The maximum atomic E-state index is 5.96. The van der Waals surface area contributed by atoms with Crippen LogP contribution in [0.1, 0.15) is 31.2 Å². The van der Waals surface area contributed by atoms with E-state index in [1.165, 1.54) is 11.1 Å². The lowest BCUT2D eigenvalue weighted by Crippen LogP contribution is -2.21. The first kappa shape index (κ1) is 14.9. The van der Waals surface area contributed by atoms with E-state index in [0.29, 0.717) is 17.9 Å². The molecule has 0 bridgehead atoms. The highest BCUT2D eigenvalue weighted by atomic mass is 35.5. The molecule has 21 heavy (non-hydrogen) atoms. The first-order chi connectivity index (χ1) is 10.2. The van der Waals surface area contributed by atoms with Gasteiger partial charge >= 0.3 is 0 Å². The van der Waals surface area contributed by atoms with E-state index in [4.69, 9.17) is 21.3 Å². The van der Waals surface area contributed by atoms with Gasteiger partial charge in [0.15, 0.2) is 0 Å². The normalized spacial score (nSPS) is 22.2. The predicted molar refractivity (Wildman–Crippen MR) is 87.0 cm³/mol. The van der Waals surface area contributed by atoms with Crippen LogP contribution in [0.2, 0.25) is 0 Å². The molecular formula is C17H23ClN2O. The van der Waals surface area contributed by atoms with Crippen molar-refractivity contribution in [1.82, 2.24) is 9.55 Å². The highest BCUT2D eigenvalue weighted by molar-refractivity contribution is 6.17. The van der Waals surface area contributed by atoms with Gasteiger partial charge in [-0.3, -0.25) is 0 Å². The van der Waals surface area contributed by atoms with Gasteiger partial charge in [0.2, 0.25) is 0 Å². The number of hydrogen-bond donors (Lipinski definition) is 0. The number of nitrogens with zero attached hydrogens (tertiary/aromatic N) is 2. The molecule has 114 valence electrons. The van der Waals surface area contributed by atoms with Crippen LogP contribution in [-0.2, 0) is 17.7 Å². The second-order valence-corrected chi connectivity index (χ2v) is 6.31. The minimum absolute atomic E-state index is 0.385. The van der Waals surface area contributed by atoms with Gasteiger partial charge in [0, 0.05) is 31.4 Å². The van der Waals surface area contributed by atoms with Crippen molar-refractivity contribution in [2.45, 2.75) is 45.8 Å². The smallest absolute Gasteiger partial charge is 0.111 e. The van der Waals surface area contributed by atoms with E-state index >= 15 is 0 Å². The Morgan fingerprint density at radius 2 is 2.29 bits per heavy atom. The Morgan fingerprint density at radius 3 is 3.05 bits per heavy atom. The van der Waals surface area contributed by atoms with Crippen molar-refractivity contribution < 1.29 is 4.74 Å². The Labute approximate surface area is 131 Å². The van der Waals surface area contributed by atoms with E-state index in [1.807, 2.05) is 0 Å². The fourth-order valence-electron chi connectivity index (χ4n) is 3.35. The van der Waals surface area contributed by atoms with Crippen molar-refractivity contribution in [2.24, 2.45) is 5.92 Å². The van der Waals surface area contributed by atoms with Crippen molar-refractivity contribution in [3.63, 3.8) is 0 Å². The number of halogens is 1. The molecule has 2 atom stereocenters. The summed E-state index contributed by atoms with van der Waals surface area (Å²) in [7, 11) is 0. The van der Waals surface area contributed by atoms with E-state index in [-0.39, 0.29) is 0 Å². The summed E-state index contributed by atoms with van der Waals surface area (Å²) in [5, 5.41) is 0. The molecule has 3 nitrogen and oxygen atoms in total. The zero-order valence-corrected chi connectivity index (χ0v) is 13.6. The van der Waals surface area contributed by atoms with Gasteiger partial charge in [-0.05, 0) is 37.5 Å². The first-order valence-electron chi connectivity index (χ1n) is 7.86. The van der Waals surface area contributed by atoms with Gasteiger partial charge in [0.1, 0.15) is 5.82 Å². The van der Waals surface area contributed by atoms with Crippen LogP contribution in [0, 0.1) is 12.8 Å². The number of ether oxygens (including phenoxy) is 1. The van der Waals surface area contributed by atoms with Crippen LogP contribution in [0.4, 0.5) is 0 Å². The molecular weight excluding hydrogens is 284 g/mol. The molecule has 2 unspecified atom stereocenters. The van der Waals surface area contributed by atoms with Crippen molar-refractivity contribution in [2.75, 3.05) is 12.5 Å². The van der Waals surface area contributed by atoms with Crippen LogP contribution < -0.4 is 0 Å². The van der Waals surface area contributed by atoms with Crippen LogP contribution in [0.5, 0.6) is 0 Å². The lowest BCUT2D eigenvalue weighted by atomic mass is 9.99. The van der Waals surface area contributed by atoms with Crippen LogP contribution in [0.3, 0.4) is 0 Å². The number of imidazole rings is 1. The minimum atomic E-state index is 0.385. The molecule has 0 radical (unpaired) electrons. The van der Waals surface area contributed by atoms with Crippen molar-refractivity contribution in [3.8, 4) is 0 Å². The molecule has 3 rings (SSSR count). The average molecular weight is 307 g/mol. The van der Waals surface area contributed by atoms with Gasteiger partial charge in [-0.25, -0.2) is 4.98 Å². The van der Waals surface area contributed by atoms with Gasteiger partial charge in [-0.2, -0.15) is 0 Å². The molecule has 1 aliphatic rings. The van der Waals surface area contributed by atoms with Gasteiger partial charge in [0.25, 0.3) is 0 Å². The first-order valence-corrected chi connectivity index (χ1v) is 8.39. The zero-order valence-electron chi connectivity index (χ0n) is 12.8. The molecule has 1 aliphatic heterocycles. The molecule has 2 aromatic rings. The third-order valence-corrected chi connectivity index (χ3v) is 4.66. The highest BCUT2D eigenvalue weighted by Gasteiger charge is 2.28. The van der Waals surface area contributed by atoms with E-state index in [2.05, 4.69) is 36.6 Å². The molecule has 0 saturated carbocycles. The number of alkyl halides is 1. The summed E-state index contributed by atoms with van der Waals surface area (Å²) in [5.41, 5.74) is 3.58. The number of benzene rings is 1. The molecule has 0 amide bonds. The molecule has 0 spiro atoms. The number of aryl methyl sites for hydroxylation is 2. The van der Waals surface area contributed by atoms with E-state index in [9.17, 15) is 0 Å². The number of rotatable bonds is 5. The predicted octanol–water partition coefficient (Wildman–Crippen LogP) is 3.94. The Hall–Kier alpha value is -1.06. The quantitative estimate of drug-likeness (QED) is 0.782. The SMILES string of the molecule is CCC1OCCC1Cn1c(CCCl)nc2ccc(C)cc21. The van der Waals surface area contributed by atoms with Gasteiger partial charge in [0.05, 0.1) is 17.1 Å². The van der Waals surface area contributed by atoms with Crippen LogP contribution >= 0.6 is 11.6 Å². The average Bonchev–Trinajstić information content (AvgIpc) is 3.05. The summed E-state index contributed by atoms with van der Waals surface area (Å²) in [6, 6.07) is 6.47. The third kappa shape index (κ3) is 2.95. The maximum Gasteiger partial charge on any atom is 0.111 e. The monoisotopic (exact) mass is 306 g/mol. The van der Waals surface area contributed by atoms with Crippen LogP contribution in [0.25, 0.3) is 11.0 Å². The molecule has 1 fully saturated rings. The molecule has 1 aromatic heterocycles. The second kappa shape index (κ2) is 6.37. The summed E-state index contributed by atoms with van der Waals surface area (Å²) in [6.45, 7) is 6.22. The lowest BCUT2D eigenvalue weighted by molar-refractivity contribution is 0.0836. The summed E-state index contributed by atoms with van der Waals surface area (Å²) in [6.07, 6.45) is 3.43. The van der Waals surface area contributed by atoms with Crippen molar-refractivity contribution in [3.05, 3.63) is 29.6 Å². The lowest BCUT2D eigenvalue weighted by Gasteiger charge is -2.19. The number of aromatic nitrogens is 2. The summed E-state index contributed by atoms with van der Waals surface area (Å²) in [5.74, 6) is 2.30. The molecule has 4 heteroatoms. The molecule has 0 N–H and O–H groups in total. The number of hydrogen-bond acceptors (Lipinski definition) is 2. The summed E-state index contributed by atoms with van der Waals surface area (Å²) >= 11 is 5.96. The second-order valence-electron chi connectivity index (χ2n) is 5.94. The largest absolute Gasteiger partial charge is 0.378 e. The van der Waals surface area contributed by atoms with E-state index in [0.717, 1.165) is 43.8 Å². The topological polar surface area (TPSA) is 27.1 Å². The highest BCUT2D eigenvalue weighted by Crippen LogP contribution is 2.28. The molecule has 2 heterocycles. The van der Waals surface area contributed by atoms with Gasteiger partial charge in [-0.1, -0.05) is 13.0 Å². The van der Waals surface area contributed by atoms with Gasteiger partial charge < -0.3 is 9.30 Å². The number of fused-ring (bicyclic) bond motifs is 1. The van der Waals surface area contributed by atoms with E-state index < -0.39 is 0 Å². The molecule has 1 saturated heterocycles.